The third-order valence-electron chi connectivity index (χ3n) is 4.84. The van der Waals surface area contributed by atoms with Crippen LogP contribution in [0.2, 0.25) is 0 Å². The lowest BCUT2D eigenvalue weighted by molar-refractivity contribution is -0.149. The number of hydrogen-bond donors (Lipinski definition) is 0. The number of aromatic nitrogens is 1. The van der Waals surface area contributed by atoms with Gasteiger partial charge in [-0.2, -0.15) is 0 Å². The number of nitrogens with zero attached hydrogens (tertiary/aromatic N) is 2. The Morgan fingerprint density at radius 1 is 1.26 bits per heavy atom. The Labute approximate surface area is 162 Å². The molecule has 6 heteroatoms. The summed E-state index contributed by atoms with van der Waals surface area (Å²) < 4.78 is 12.1. The van der Waals surface area contributed by atoms with Gasteiger partial charge < -0.3 is 14.4 Å². The van der Waals surface area contributed by atoms with E-state index in [4.69, 9.17) is 9.47 Å². The summed E-state index contributed by atoms with van der Waals surface area (Å²) in [5.74, 6) is 0.615. The van der Waals surface area contributed by atoms with Crippen molar-refractivity contribution in [2.75, 3.05) is 25.1 Å². The van der Waals surface area contributed by atoms with Crippen molar-refractivity contribution in [2.24, 2.45) is 0 Å². The van der Waals surface area contributed by atoms with E-state index in [2.05, 4.69) is 22.9 Å². The molecule has 0 amide bonds. The topological polar surface area (TPSA) is 51.7 Å². The smallest absolute Gasteiger partial charge is 0.310 e. The number of hydrogen-bond acceptors (Lipinski definition) is 6. The van der Waals surface area contributed by atoms with Crippen molar-refractivity contribution in [2.45, 2.75) is 26.4 Å². The van der Waals surface area contributed by atoms with E-state index in [0.29, 0.717) is 19.5 Å². The zero-order valence-electron chi connectivity index (χ0n) is 15.7. The van der Waals surface area contributed by atoms with Crippen LogP contribution < -0.4 is 9.64 Å². The van der Waals surface area contributed by atoms with Crippen LogP contribution in [0.15, 0.2) is 36.4 Å². The highest BCUT2D eigenvalue weighted by molar-refractivity contribution is 7.22. The lowest BCUT2D eigenvalue weighted by Crippen LogP contribution is -2.53. The number of thiazole rings is 1. The number of para-hydroxylation sites is 1. The summed E-state index contributed by atoms with van der Waals surface area (Å²) in [6.07, 6.45) is 0.248. The highest BCUT2D eigenvalue weighted by atomic mass is 32.1. The third-order valence-corrected chi connectivity index (χ3v) is 5.92. The number of methoxy groups -OCH3 is 1. The first-order chi connectivity index (χ1) is 13.0. The predicted octanol–water partition coefficient (Wildman–Crippen LogP) is 3.90. The van der Waals surface area contributed by atoms with Crippen molar-refractivity contribution in [3.05, 3.63) is 53.1 Å². The highest BCUT2D eigenvalue weighted by Gasteiger charge is 2.32. The first kappa shape index (κ1) is 17.8. The highest BCUT2D eigenvalue weighted by Crippen LogP contribution is 2.35. The van der Waals surface area contributed by atoms with E-state index in [0.717, 1.165) is 32.2 Å². The maximum atomic E-state index is 12.3. The Morgan fingerprint density at radius 2 is 2.07 bits per heavy atom. The Bertz CT molecular complexity index is 992. The minimum atomic E-state index is -0.169. The molecule has 2 heterocycles. The predicted molar refractivity (Wildman–Crippen MR) is 108 cm³/mol. The van der Waals surface area contributed by atoms with Gasteiger partial charge in [-0.05, 0) is 37.1 Å². The van der Waals surface area contributed by atoms with Gasteiger partial charge in [0, 0.05) is 0 Å². The molecule has 0 saturated carbocycles. The van der Waals surface area contributed by atoms with Gasteiger partial charge in [0.05, 0.1) is 31.3 Å². The van der Waals surface area contributed by atoms with Gasteiger partial charge in [0.15, 0.2) is 5.13 Å². The van der Waals surface area contributed by atoms with Gasteiger partial charge in [-0.25, -0.2) is 4.98 Å². The van der Waals surface area contributed by atoms with Crippen molar-refractivity contribution < 1.29 is 14.3 Å². The number of esters is 1. The van der Waals surface area contributed by atoms with Crippen LogP contribution in [0.4, 0.5) is 5.13 Å². The molecule has 2 aromatic carbocycles. The fourth-order valence-corrected chi connectivity index (χ4v) is 4.31. The SMILES string of the molecule is COc1cccc2sc(N3CC(OC(=O)Cc4ccc(C)cc4C)C3)nc12. The number of aryl methyl sites for hydroxylation is 2. The van der Waals surface area contributed by atoms with Crippen LogP contribution in [0.3, 0.4) is 0 Å². The van der Waals surface area contributed by atoms with Crippen molar-refractivity contribution in [3.63, 3.8) is 0 Å². The molecule has 5 nitrogen and oxygen atoms in total. The van der Waals surface area contributed by atoms with Gasteiger partial charge in [-0.1, -0.05) is 41.2 Å². The molecule has 1 aromatic heterocycles. The molecule has 1 aliphatic rings. The minimum absolute atomic E-state index is 0.0721. The molecule has 0 aliphatic carbocycles. The molecule has 0 spiro atoms. The second-order valence-electron chi connectivity index (χ2n) is 6.93. The molecule has 0 radical (unpaired) electrons. The first-order valence-electron chi connectivity index (χ1n) is 8.97. The lowest BCUT2D eigenvalue weighted by Gasteiger charge is -2.38. The van der Waals surface area contributed by atoms with Gasteiger partial charge in [-0.15, -0.1) is 0 Å². The number of rotatable bonds is 5. The molecule has 1 aliphatic heterocycles. The summed E-state index contributed by atoms with van der Waals surface area (Å²) in [6, 6.07) is 12.1. The summed E-state index contributed by atoms with van der Waals surface area (Å²) in [7, 11) is 1.66. The minimum Gasteiger partial charge on any atom is -0.494 e. The molecule has 0 atom stereocenters. The lowest BCUT2D eigenvalue weighted by atomic mass is 10.0. The Balaban J connectivity index is 1.35. The van der Waals surface area contributed by atoms with E-state index in [1.165, 1.54) is 5.56 Å². The largest absolute Gasteiger partial charge is 0.494 e. The van der Waals surface area contributed by atoms with Crippen LogP contribution in [0.25, 0.3) is 10.2 Å². The molecule has 140 valence electrons. The van der Waals surface area contributed by atoms with Gasteiger partial charge in [0.2, 0.25) is 0 Å². The van der Waals surface area contributed by atoms with Crippen molar-refractivity contribution in [1.29, 1.82) is 0 Å². The first-order valence-corrected chi connectivity index (χ1v) is 9.79. The molecule has 0 N–H and O–H groups in total. The van der Waals surface area contributed by atoms with E-state index >= 15 is 0 Å². The Hall–Kier alpha value is -2.60. The van der Waals surface area contributed by atoms with Crippen LogP contribution >= 0.6 is 11.3 Å². The molecule has 27 heavy (non-hydrogen) atoms. The van der Waals surface area contributed by atoms with Crippen LogP contribution in [0, 0.1) is 13.8 Å². The second kappa shape index (κ2) is 7.19. The zero-order chi connectivity index (χ0) is 19.0. The van der Waals surface area contributed by atoms with E-state index in [1.54, 1.807) is 18.4 Å². The molecule has 0 bridgehead atoms. The quantitative estimate of drug-likeness (QED) is 0.627. The summed E-state index contributed by atoms with van der Waals surface area (Å²) in [5.41, 5.74) is 4.24. The van der Waals surface area contributed by atoms with Gasteiger partial charge >= 0.3 is 5.97 Å². The number of carbonyl (C=O) groups excluding carboxylic acids is 1. The van der Waals surface area contributed by atoms with Crippen LogP contribution in [-0.4, -0.2) is 37.3 Å². The van der Waals surface area contributed by atoms with E-state index in [9.17, 15) is 4.79 Å². The van der Waals surface area contributed by atoms with Crippen LogP contribution in [-0.2, 0) is 16.0 Å². The molecular formula is C21H22N2O3S. The number of carbonyl (C=O) groups is 1. The van der Waals surface area contributed by atoms with E-state index < -0.39 is 0 Å². The molecule has 1 saturated heterocycles. The maximum absolute atomic E-state index is 12.3. The van der Waals surface area contributed by atoms with E-state index in [1.807, 2.05) is 37.3 Å². The van der Waals surface area contributed by atoms with Crippen molar-refractivity contribution >= 4 is 32.7 Å². The van der Waals surface area contributed by atoms with Crippen LogP contribution in [0.1, 0.15) is 16.7 Å². The Morgan fingerprint density at radius 3 is 2.81 bits per heavy atom. The zero-order valence-corrected chi connectivity index (χ0v) is 16.5. The fraction of sp³-hybridized carbons (Fsp3) is 0.333. The summed E-state index contributed by atoms with van der Waals surface area (Å²) >= 11 is 1.63. The molecular weight excluding hydrogens is 360 g/mol. The monoisotopic (exact) mass is 382 g/mol. The average Bonchev–Trinajstić information content (AvgIpc) is 3.03. The number of ether oxygens (including phenoxy) is 2. The summed E-state index contributed by atoms with van der Waals surface area (Å²) in [5, 5.41) is 0.941. The van der Waals surface area contributed by atoms with Gasteiger partial charge in [0.25, 0.3) is 0 Å². The Kier molecular flexibility index (Phi) is 4.74. The summed E-state index contributed by atoms with van der Waals surface area (Å²) in [4.78, 5) is 19.1. The molecule has 0 unspecified atom stereocenters. The molecule has 3 aromatic rings. The average molecular weight is 382 g/mol. The number of benzene rings is 2. The van der Waals surface area contributed by atoms with E-state index in [-0.39, 0.29) is 12.1 Å². The maximum Gasteiger partial charge on any atom is 0.310 e. The molecule has 4 rings (SSSR count). The molecule has 1 fully saturated rings. The van der Waals surface area contributed by atoms with Crippen molar-refractivity contribution in [3.8, 4) is 5.75 Å². The standard InChI is InChI=1S/C21H22N2O3S/c1-13-7-8-15(14(2)9-13)10-19(24)26-16-11-23(12-16)21-22-20-17(25-3)5-4-6-18(20)27-21/h4-9,16H,10-12H2,1-3H3. The van der Waals surface area contributed by atoms with Gasteiger partial charge in [-0.3, -0.25) is 4.79 Å². The number of anilines is 1. The second-order valence-corrected chi connectivity index (χ2v) is 7.94. The summed E-state index contributed by atoms with van der Waals surface area (Å²) in [6.45, 7) is 5.44. The van der Waals surface area contributed by atoms with Gasteiger partial charge in [0.1, 0.15) is 17.4 Å². The number of fused-ring (bicyclic) bond motifs is 1. The normalized spacial score (nSPS) is 14.3. The van der Waals surface area contributed by atoms with Crippen LogP contribution in [0.5, 0.6) is 5.75 Å². The van der Waals surface area contributed by atoms with Crippen molar-refractivity contribution in [1.82, 2.24) is 4.98 Å². The third kappa shape index (κ3) is 3.62. The fourth-order valence-electron chi connectivity index (χ4n) is 3.31.